The number of hydrogen-bond donors (Lipinski definition) is 1. The summed E-state index contributed by atoms with van der Waals surface area (Å²) in [5.74, 6) is -2.07. The van der Waals surface area contributed by atoms with Crippen molar-refractivity contribution in [2.45, 2.75) is 6.18 Å². The molecule has 0 radical (unpaired) electrons. The Hall–Kier alpha value is -1.77. The van der Waals surface area contributed by atoms with Crippen molar-refractivity contribution in [2.24, 2.45) is 0 Å². The van der Waals surface area contributed by atoms with Crippen LogP contribution in [0.4, 0.5) is 24.5 Å². The molecule has 0 spiro atoms. The van der Waals surface area contributed by atoms with Crippen LogP contribution < -0.4 is 10.1 Å². The smallest absolute Gasteiger partial charge is 0.455 e. The van der Waals surface area contributed by atoms with E-state index in [1.54, 1.807) is 24.3 Å². The fourth-order valence-electron chi connectivity index (χ4n) is 1.87. The highest BCUT2D eigenvalue weighted by atomic mass is 127. The van der Waals surface area contributed by atoms with E-state index < -0.39 is 17.5 Å². The largest absolute Gasteiger partial charge is 0.496 e. The van der Waals surface area contributed by atoms with Crippen LogP contribution in [-0.2, 0) is 0 Å². The lowest BCUT2D eigenvalue weighted by Crippen LogP contribution is -2.24. The molecule has 0 aliphatic carbocycles. The van der Waals surface area contributed by atoms with Gasteiger partial charge in [0.05, 0.1) is 18.4 Å². The van der Waals surface area contributed by atoms with Crippen molar-refractivity contribution in [1.29, 1.82) is 0 Å². The Morgan fingerprint density at radius 2 is 1.77 bits per heavy atom. The van der Waals surface area contributed by atoms with E-state index >= 15 is 0 Å². The van der Waals surface area contributed by atoms with Crippen LogP contribution in [0.25, 0.3) is 0 Å². The van der Waals surface area contributed by atoms with Crippen molar-refractivity contribution in [1.82, 2.24) is 0 Å². The Labute approximate surface area is 138 Å². The topological polar surface area (TPSA) is 38.3 Å². The van der Waals surface area contributed by atoms with Crippen molar-refractivity contribution < 1.29 is 22.7 Å². The molecular formula is C15H11F3INO2. The van der Waals surface area contributed by atoms with Gasteiger partial charge in [-0.1, -0.05) is 6.07 Å². The maximum Gasteiger partial charge on any atom is 0.455 e. The predicted octanol–water partition coefficient (Wildman–Crippen LogP) is 4.79. The van der Waals surface area contributed by atoms with Gasteiger partial charge in [0, 0.05) is 9.26 Å². The fraction of sp³-hybridized carbons (Fsp3) is 0.133. The van der Waals surface area contributed by atoms with Gasteiger partial charge in [0.1, 0.15) is 5.75 Å². The molecule has 0 bridgehead atoms. The van der Waals surface area contributed by atoms with Gasteiger partial charge in [-0.05, 0) is 59.0 Å². The highest BCUT2D eigenvalue weighted by Crippen LogP contribution is 2.34. The Balaban J connectivity index is 2.47. The first-order chi connectivity index (χ1) is 10.3. The van der Waals surface area contributed by atoms with Gasteiger partial charge in [-0.2, -0.15) is 13.2 Å². The van der Waals surface area contributed by atoms with Crippen molar-refractivity contribution in [3.05, 3.63) is 51.6 Å². The summed E-state index contributed by atoms with van der Waals surface area (Å²) in [5, 5.41) is 2.82. The molecule has 0 saturated heterocycles. The summed E-state index contributed by atoms with van der Waals surface area (Å²) in [6, 6.07) is 11.3. The molecule has 0 heterocycles. The Kier molecular flexibility index (Phi) is 4.94. The van der Waals surface area contributed by atoms with Crippen LogP contribution in [0.5, 0.6) is 5.75 Å². The minimum Gasteiger partial charge on any atom is -0.496 e. The number of halogens is 4. The molecule has 0 aliphatic heterocycles. The molecule has 3 nitrogen and oxygen atoms in total. The van der Waals surface area contributed by atoms with Crippen LogP contribution in [-0.4, -0.2) is 19.1 Å². The van der Waals surface area contributed by atoms with Crippen LogP contribution in [0.3, 0.4) is 0 Å². The van der Waals surface area contributed by atoms with Gasteiger partial charge in [0.2, 0.25) is 0 Å². The summed E-state index contributed by atoms with van der Waals surface area (Å²) in [6.45, 7) is 0. The highest BCUT2D eigenvalue weighted by Gasteiger charge is 2.42. The Morgan fingerprint density at radius 1 is 1.14 bits per heavy atom. The first kappa shape index (κ1) is 16.6. The molecule has 0 unspecified atom stereocenters. The number of methoxy groups -OCH3 is 1. The molecule has 0 fully saturated rings. The number of Topliss-reactive ketones (excluding diaryl/α,β-unsaturated/α-hetero) is 1. The van der Waals surface area contributed by atoms with Crippen LogP contribution >= 0.6 is 22.6 Å². The highest BCUT2D eigenvalue weighted by molar-refractivity contribution is 14.1. The number of nitrogens with one attached hydrogen (secondary N) is 1. The van der Waals surface area contributed by atoms with Gasteiger partial charge in [-0.3, -0.25) is 4.79 Å². The van der Waals surface area contributed by atoms with Crippen LogP contribution in [0.1, 0.15) is 10.4 Å². The number of ketones is 1. The van der Waals surface area contributed by atoms with E-state index in [4.69, 9.17) is 4.74 Å². The van der Waals surface area contributed by atoms with E-state index in [9.17, 15) is 18.0 Å². The minimum atomic E-state index is -4.98. The van der Waals surface area contributed by atoms with E-state index in [-0.39, 0.29) is 11.4 Å². The molecule has 2 aromatic rings. The normalized spacial score (nSPS) is 11.1. The fourth-order valence-corrected chi connectivity index (χ4v) is 2.23. The zero-order valence-electron chi connectivity index (χ0n) is 11.4. The third kappa shape index (κ3) is 3.70. The van der Waals surface area contributed by atoms with E-state index in [1.165, 1.54) is 25.3 Å². The number of alkyl halides is 3. The summed E-state index contributed by atoms with van der Waals surface area (Å²) in [4.78, 5) is 11.7. The molecule has 0 amide bonds. The monoisotopic (exact) mass is 421 g/mol. The number of rotatable bonds is 4. The zero-order valence-corrected chi connectivity index (χ0v) is 13.5. The average molecular weight is 421 g/mol. The molecule has 7 heteroatoms. The first-order valence-corrected chi connectivity index (χ1v) is 7.22. The van der Waals surface area contributed by atoms with Gasteiger partial charge in [0.15, 0.2) is 0 Å². The maximum atomic E-state index is 12.8. The number of hydrogen-bond acceptors (Lipinski definition) is 3. The third-order valence-corrected chi connectivity index (χ3v) is 3.57. The molecule has 1 N–H and O–H groups in total. The lowest BCUT2D eigenvalue weighted by atomic mass is 10.1. The van der Waals surface area contributed by atoms with Crippen LogP contribution in [0.15, 0.2) is 42.5 Å². The first-order valence-electron chi connectivity index (χ1n) is 6.14. The predicted molar refractivity (Wildman–Crippen MR) is 85.8 cm³/mol. The molecule has 0 saturated carbocycles. The van der Waals surface area contributed by atoms with Gasteiger partial charge in [-0.25, -0.2) is 0 Å². The number of carbonyl (C=O) groups is 1. The van der Waals surface area contributed by atoms with Crippen molar-refractivity contribution >= 4 is 39.7 Å². The number of carbonyl (C=O) groups excluding carboxylic acids is 1. The SMILES string of the molecule is COc1cccc(Nc2ccc(I)cc2)c1C(=O)C(F)(F)F. The van der Waals surface area contributed by atoms with Gasteiger partial charge in [0.25, 0.3) is 5.78 Å². The second-order valence-corrected chi connectivity index (χ2v) is 5.59. The number of ether oxygens (including phenoxy) is 1. The molecule has 2 rings (SSSR count). The summed E-state index contributed by atoms with van der Waals surface area (Å²) in [7, 11) is 1.22. The third-order valence-electron chi connectivity index (χ3n) is 2.85. The van der Waals surface area contributed by atoms with Crippen LogP contribution in [0.2, 0.25) is 0 Å². The van der Waals surface area contributed by atoms with Gasteiger partial charge >= 0.3 is 6.18 Å². The van der Waals surface area contributed by atoms with E-state index in [0.717, 1.165) is 3.57 Å². The summed E-state index contributed by atoms with van der Waals surface area (Å²) in [5.41, 5.74) is 0.0869. The summed E-state index contributed by atoms with van der Waals surface area (Å²) in [6.07, 6.45) is -4.98. The molecule has 0 aliphatic rings. The lowest BCUT2D eigenvalue weighted by Gasteiger charge is -2.16. The van der Waals surface area contributed by atoms with Crippen molar-refractivity contribution in [3.8, 4) is 5.75 Å². The Morgan fingerprint density at radius 3 is 2.32 bits per heavy atom. The molecule has 0 atom stereocenters. The molecule has 22 heavy (non-hydrogen) atoms. The molecular weight excluding hydrogens is 410 g/mol. The Bertz CT molecular complexity index is 684. The molecule has 116 valence electrons. The van der Waals surface area contributed by atoms with E-state index in [1.807, 2.05) is 0 Å². The number of benzene rings is 2. The van der Waals surface area contributed by atoms with Gasteiger partial charge in [-0.15, -0.1) is 0 Å². The van der Waals surface area contributed by atoms with E-state index in [0.29, 0.717) is 5.69 Å². The van der Waals surface area contributed by atoms with Crippen molar-refractivity contribution in [2.75, 3.05) is 12.4 Å². The maximum absolute atomic E-state index is 12.8. The standard InChI is InChI=1S/C15H11F3INO2/c1-22-12-4-2-3-11(13(12)14(21)15(16,17)18)20-10-7-5-9(19)6-8-10/h2-8,20H,1H3. The van der Waals surface area contributed by atoms with Gasteiger partial charge < -0.3 is 10.1 Å². The quantitative estimate of drug-likeness (QED) is 0.570. The average Bonchev–Trinajstić information content (AvgIpc) is 2.47. The lowest BCUT2D eigenvalue weighted by molar-refractivity contribution is -0.0886. The zero-order chi connectivity index (χ0) is 16.3. The second-order valence-electron chi connectivity index (χ2n) is 4.34. The summed E-state index contributed by atoms with van der Waals surface area (Å²) < 4.78 is 44.3. The molecule has 0 aromatic heterocycles. The van der Waals surface area contributed by atoms with Crippen molar-refractivity contribution in [3.63, 3.8) is 0 Å². The minimum absolute atomic E-state index is 0.0443. The van der Waals surface area contributed by atoms with E-state index in [2.05, 4.69) is 27.9 Å². The second kappa shape index (κ2) is 6.55. The van der Waals surface area contributed by atoms with Crippen LogP contribution in [0, 0.1) is 3.57 Å². The summed E-state index contributed by atoms with van der Waals surface area (Å²) >= 11 is 2.12. The number of anilines is 2. The molecule has 2 aromatic carbocycles.